The average Bonchev–Trinajstić information content (AvgIpc) is 3.07. The van der Waals surface area contributed by atoms with Crippen LogP contribution in [0.5, 0.6) is 0 Å². The van der Waals surface area contributed by atoms with Gasteiger partial charge in [-0.25, -0.2) is 0 Å². The van der Waals surface area contributed by atoms with E-state index in [9.17, 15) is 10.1 Å². The molecule has 1 aliphatic rings. The van der Waals surface area contributed by atoms with Crippen LogP contribution in [0.1, 0.15) is 32.8 Å². The minimum absolute atomic E-state index is 0.142. The summed E-state index contributed by atoms with van der Waals surface area (Å²) in [5.41, 5.74) is 2.45. The Kier molecular flexibility index (Phi) is 4.00. The van der Waals surface area contributed by atoms with Crippen molar-refractivity contribution in [3.63, 3.8) is 0 Å². The van der Waals surface area contributed by atoms with E-state index < -0.39 is 0 Å². The van der Waals surface area contributed by atoms with E-state index in [1.165, 1.54) is 4.88 Å². The summed E-state index contributed by atoms with van der Waals surface area (Å²) >= 11 is 3.09. The Labute approximate surface area is 132 Å². The standard InChI is InChI=1S/C16H14N2OS2/c1-20-13-7-3-2-5-11(13)15(19)18-16-12(9-17)10-6-4-8-14(10)21-16/h2-3,5,7H,4,6,8H2,1H3,(H,18,19). The molecule has 0 spiro atoms. The Morgan fingerprint density at radius 2 is 2.19 bits per heavy atom. The molecular weight excluding hydrogens is 300 g/mol. The molecule has 3 rings (SSSR count). The van der Waals surface area contributed by atoms with E-state index >= 15 is 0 Å². The Hall–Kier alpha value is -1.77. The molecule has 0 atom stereocenters. The highest BCUT2D eigenvalue weighted by Gasteiger charge is 2.23. The van der Waals surface area contributed by atoms with E-state index in [1.807, 2.05) is 30.5 Å². The molecule has 0 aliphatic heterocycles. The van der Waals surface area contributed by atoms with Gasteiger partial charge >= 0.3 is 0 Å². The van der Waals surface area contributed by atoms with Gasteiger partial charge in [0.25, 0.3) is 5.91 Å². The molecule has 0 fully saturated rings. The van der Waals surface area contributed by atoms with Gasteiger partial charge in [0.15, 0.2) is 0 Å². The average molecular weight is 314 g/mol. The Morgan fingerprint density at radius 1 is 1.38 bits per heavy atom. The van der Waals surface area contributed by atoms with Crippen LogP contribution < -0.4 is 5.32 Å². The lowest BCUT2D eigenvalue weighted by Crippen LogP contribution is -2.12. The van der Waals surface area contributed by atoms with E-state index in [4.69, 9.17) is 0 Å². The number of hydrogen-bond acceptors (Lipinski definition) is 4. The lowest BCUT2D eigenvalue weighted by Gasteiger charge is -2.07. The van der Waals surface area contributed by atoms with Crippen LogP contribution >= 0.6 is 23.1 Å². The SMILES string of the molecule is CSc1ccccc1C(=O)Nc1sc2c(c1C#N)CCC2. The van der Waals surface area contributed by atoms with Gasteiger partial charge in [0, 0.05) is 9.77 Å². The van der Waals surface area contributed by atoms with Crippen molar-refractivity contribution >= 4 is 34.0 Å². The van der Waals surface area contributed by atoms with E-state index in [0.29, 0.717) is 16.1 Å². The molecule has 2 aromatic rings. The first-order valence-corrected chi connectivity index (χ1v) is 8.77. The number of thiophene rings is 1. The monoisotopic (exact) mass is 314 g/mol. The molecule has 1 aromatic carbocycles. The molecule has 0 bridgehead atoms. The maximum absolute atomic E-state index is 12.5. The van der Waals surface area contributed by atoms with Crippen LogP contribution in [0.25, 0.3) is 0 Å². The number of hydrogen-bond donors (Lipinski definition) is 1. The maximum Gasteiger partial charge on any atom is 0.257 e. The number of aryl methyl sites for hydroxylation is 1. The number of carbonyl (C=O) groups excluding carboxylic acids is 1. The van der Waals surface area contributed by atoms with Gasteiger partial charge in [-0.2, -0.15) is 5.26 Å². The summed E-state index contributed by atoms with van der Waals surface area (Å²) in [5, 5.41) is 13.0. The highest BCUT2D eigenvalue weighted by molar-refractivity contribution is 7.98. The molecule has 1 aliphatic carbocycles. The third kappa shape index (κ3) is 2.57. The van der Waals surface area contributed by atoms with Crippen LogP contribution in [0.2, 0.25) is 0 Å². The van der Waals surface area contributed by atoms with Gasteiger partial charge in [-0.05, 0) is 43.2 Å². The van der Waals surface area contributed by atoms with Crippen molar-refractivity contribution < 1.29 is 4.79 Å². The van der Waals surface area contributed by atoms with Gasteiger partial charge in [-0.15, -0.1) is 23.1 Å². The third-order valence-electron chi connectivity index (χ3n) is 3.61. The molecule has 0 saturated carbocycles. The number of rotatable bonds is 3. The number of anilines is 1. The second-order valence-corrected chi connectivity index (χ2v) is 6.78. The molecule has 0 unspecified atom stereocenters. The number of nitrogens with one attached hydrogen (secondary N) is 1. The second kappa shape index (κ2) is 5.92. The van der Waals surface area contributed by atoms with Gasteiger partial charge in [0.05, 0.1) is 11.1 Å². The summed E-state index contributed by atoms with van der Waals surface area (Å²) in [6, 6.07) is 9.77. The summed E-state index contributed by atoms with van der Waals surface area (Å²) in [6.07, 6.45) is 5.03. The van der Waals surface area contributed by atoms with Crippen molar-refractivity contribution in [2.75, 3.05) is 11.6 Å². The van der Waals surface area contributed by atoms with Crippen molar-refractivity contribution in [2.24, 2.45) is 0 Å². The summed E-state index contributed by atoms with van der Waals surface area (Å²) in [5.74, 6) is -0.142. The summed E-state index contributed by atoms with van der Waals surface area (Å²) in [4.78, 5) is 14.7. The van der Waals surface area contributed by atoms with Gasteiger partial charge in [0.2, 0.25) is 0 Å². The molecule has 0 radical (unpaired) electrons. The molecular formula is C16H14N2OS2. The Bertz CT molecular complexity index is 743. The van der Waals surface area contributed by atoms with E-state index in [2.05, 4.69) is 11.4 Å². The van der Waals surface area contributed by atoms with Crippen LogP contribution in [0.4, 0.5) is 5.00 Å². The van der Waals surface area contributed by atoms with E-state index in [0.717, 1.165) is 29.7 Å². The zero-order chi connectivity index (χ0) is 14.8. The van der Waals surface area contributed by atoms with Gasteiger partial charge in [0.1, 0.15) is 11.1 Å². The van der Waals surface area contributed by atoms with Gasteiger partial charge in [-0.1, -0.05) is 12.1 Å². The van der Waals surface area contributed by atoms with Gasteiger partial charge in [-0.3, -0.25) is 4.79 Å². The normalized spacial score (nSPS) is 12.8. The maximum atomic E-state index is 12.5. The fourth-order valence-corrected chi connectivity index (χ4v) is 4.44. The van der Waals surface area contributed by atoms with Crippen molar-refractivity contribution in [3.05, 3.63) is 45.8 Å². The summed E-state index contributed by atoms with van der Waals surface area (Å²) < 4.78 is 0. The Morgan fingerprint density at radius 3 is 2.95 bits per heavy atom. The van der Waals surface area contributed by atoms with Crippen LogP contribution in [-0.2, 0) is 12.8 Å². The Balaban J connectivity index is 1.91. The molecule has 1 amide bonds. The molecule has 1 aromatic heterocycles. The fourth-order valence-electron chi connectivity index (χ4n) is 2.61. The highest BCUT2D eigenvalue weighted by Crippen LogP contribution is 2.38. The number of fused-ring (bicyclic) bond motifs is 1. The van der Waals surface area contributed by atoms with Crippen molar-refractivity contribution in [1.29, 1.82) is 5.26 Å². The molecule has 106 valence electrons. The van der Waals surface area contributed by atoms with Crippen LogP contribution in [-0.4, -0.2) is 12.2 Å². The topological polar surface area (TPSA) is 52.9 Å². The van der Waals surface area contributed by atoms with Crippen molar-refractivity contribution in [1.82, 2.24) is 0 Å². The second-order valence-electron chi connectivity index (χ2n) is 4.83. The number of benzene rings is 1. The lowest BCUT2D eigenvalue weighted by molar-refractivity contribution is 0.102. The zero-order valence-electron chi connectivity index (χ0n) is 11.6. The zero-order valence-corrected chi connectivity index (χ0v) is 13.2. The number of nitrogens with zero attached hydrogens (tertiary/aromatic N) is 1. The smallest absolute Gasteiger partial charge is 0.257 e. The number of carbonyl (C=O) groups is 1. The van der Waals surface area contributed by atoms with Crippen LogP contribution in [0.15, 0.2) is 29.2 Å². The van der Waals surface area contributed by atoms with E-state index in [1.54, 1.807) is 23.1 Å². The molecule has 21 heavy (non-hydrogen) atoms. The molecule has 1 N–H and O–H groups in total. The first kappa shape index (κ1) is 14.2. The summed E-state index contributed by atoms with van der Waals surface area (Å²) in [7, 11) is 0. The molecule has 1 heterocycles. The first-order chi connectivity index (χ1) is 10.2. The molecule has 5 heteroatoms. The predicted octanol–water partition coefficient (Wildman–Crippen LogP) is 4.08. The fraction of sp³-hybridized carbons (Fsp3) is 0.250. The van der Waals surface area contributed by atoms with Crippen molar-refractivity contribution in [2.45, 2.75) is 24.2 Å². The quantitative estimate of drug-likeness (QED) is 0.868. The number of amides is 1. The molecule has 3 nitrogen and oxygen atoms in total. The number of thioether (sulfide) groups is 1. The van der Waals surface area contributed by atoms with Crippen LogP contribution in [0.3, 0.4) is 0 Å². The summed E-state index contributed by atoms with van der Waals surface area (Å²) in [6.45, 7) is 0. The minimum atomic E-state index is -0.142. The molecule has 0 saturated heterocycles. The highest BCUT2D eigenvalue weighted by atomic mass is 32.2. The predicted molar refractivity (Wildman–Crippen MR) is 87.2 cm³/mol. The minimum Gasteiger partial charge on any atom is -0.312 e. The third-order valence-corrected chi connectivity index (χ3v) is 5.61. The largest absolute Gasteiger partial charge is 0.312 e. The number of nitriles is 1. The van der Waals surface area contributed by atoms with E-state index in [-0.39, 0.29) is 5.91 Å². The first-order valence-electron chi connectivity index (χ1n) is 6.73. The van der Waals surface area contributed by atoms with Gasteiger partial charge < -0.3 is 5.32 Å². The van der Waals surface area contributed by atoms with Crippen molar-refractivity contribution in [3.8, 4) is 6.07 Å². The van der Waals surface area contributed by atoms with Crippen LogP contribution in [0, 0.1) is 11.3 Å². The lowest BCUT2D eigenvalue weighted by atomic mass is 10.1.